The van der Waals surface area contributed by atoms with Gasteiger partial charge in [0.25, 0.3) is 0 Å². The number of nitrogens with zero attached hydrogens (tertiary/aromatic N) is 3. The number of H-pyrrole nitrogens is 1. The average Bonchev–Trinajstić information content (AvgIpc) is 4.00. The molecule has 0 spiro atoms. The third-order valence-corrected chi connectivity index (χ3v) is 13.9. The van der Waals surface area contributed by atoms with Crippen LogP contribution in [0.1, 0.15) is 157 Å². The number of aliphatic hydroxyl groups is 1. The number of rotatable bonds is 20. The van der Waals surface area contributed by atoms with Gasteiger partial charge < -0.3 is 19.6 Å². The Kier molecular flexibility index (Phi) is 16.4. The number of ketones is 1. The second kappa shape index (κ2) is 21.7. The van der Waals surface area contributed by atoms with E-state index in [1.54, 1.807) is 0 Å². The van der Waals surface area contributed by atoms with E-state index < -0.39 is 11.9 Å². The number of fused-ring (bicyclic) bond motifs is 5. The first-order valence-corrected chi connectivity index (χ1v) is 24.1. The molecule has 6 rings (SSSR count). The fraction of sp³-hybridized carbons (Fsp3) is 0.527. The molecule has 0 saturated heterocycles. The van der Waals surface area contributed by atoms with E-state index in [1.807, 2.05) is 45.1 Å². The fourth-order valence-corrected chi connectivity index (χ4v) is 9.80. The molecule has 10 heteroatoms. The first kappa shape index (κ1) is 49.1. The van der Waals surface area contributed by atoms with Crippen molar-refractivity contribution < 1.29 is 29.0 Å². The van der Waals surface area contributed by atoms with Crippen molar-refractivity contribution in [2.75, 3.05) is 13.7 Å². The highest BCUT2D eigenvalue weighted by molar-refractivity contribution is 6.33. The zero-order chi connectivity index (χ0) is 47.1. The number of hydrogen-bond acceptors (Lipinski definition) is 9. The van der Waals surface area contributed by atoms with E-state index >= 15 is 0 Å². The lowest BCUT2D eigenvalue weighted by Crippen LogP contribution is -2.28. The predicted molar refractivity (Wildman–Crippen MR) is 264 cm³/mol. The molecular formula is C55H72N4O6. The topological polar surface area (TPSA) is 143 Å². The second-order valence-electron chi connectivity index (χ2n) is 19.4. The number of carbonyl (C=O) groups is 3. The van der Waals surface area contributed by atoms with Crippen LogP contribution in [-0.4, -0.2) is 58.7 Å². The molecule has 10 nitrogen and oxygen atoms in total. The van der Waals surface area contributed by atoms with E-state index in [9.17, 15) is 19.5 Å². The highest BCUT2D eigenvalue weighted by atomic mass is 16.5. The van der Waals surface area contributed by atoms with Crippen LogP contribution < -0.4 is 10.6 Å². The number of aromatic amines is 1. The Hall–Kier alpha value is -5.38. The molecule has 65 heavy (non-hydrogen) atoms. The molecule has 0 aromatic carbocycles. The van der Waals surface area contributed by atoms with Gasteiger partial charge in [0.1, 0.15) is 12.5 Å². The Morgan fingerprint density at radius 2 is 1.49 bits per heavy atom. The van der Waals surface area contributed by atoms with Gasteiger partial charge in [0.05, 0.1) is 52.9 Å². The van der Waals surface area contributed by atoms with Gasteiger partial charge in [-0.15, -0.1) is 0 Å². The maximum atomic E-state index is 14.4. The zero-order valence-electron chi connectivity index (χ0n) is 40.9. The Balaban J connectivity index is 1.23. The summed E-state index contributed by atoms with van der Waals surface area (Å²) >= 11 is 0. The largest absolute Gasteiger partial charge is 0.515 e. The number of esters is 2. The van der Waals surface area contributed by atoms with E-state index in [2.05, 4.69) is 53.5 Å². The van der Waals surface area contributed by atoms with Crippen LogP contribution >= 0.6 is 0 Å². The minimum atomic E-state index is -1.27. The summed E-state index contributed by atoms with van der Waals surface area (Å²) in [5.41, 5.74) is 11.3. The summed E-state index contributed by atoms with van der Waals surface area (Å²) in [6, 6.07) is 0. The van der Waals surface area contributed by atoms with Gasteiger partial charge in [0.15, 0.2) is 5.78 Å². The van der Waals surface area contributed by atoms with Crippen LogP contribution in [-0.2, 0) is 23.9 Å². The van der Waals surface area contributed by atoms with Crippen molar-refractivity contribution in [3.63, 3.8) is 0 Å². The summed E-state index contributed by atoms with van der Waals surface area (Å²) in [6.07, 6.45) is 22.1. The first-order chi connectivity index (χ1) is 31.1. The quantitative estimate of drug-likeness (QED) is 0.0758. The number of aromatic nitrogens is 1. The number of aliphatic hydroxyl groups excluding tert-OH is 1. The number of aliphatic imine (C=N–C) groups is 3. The summed E-state index contributed by atoms with van der Waals surface area (Å²) in [5.74, 6) is -0.400. The maximum absolute atomic E-state index is 14.4. The average molecular weight is 885 g/mol. The Morgan fingerprint density at radius 1 is 0.815 bits per heavy atom. The Labute approximate surface area is 386 Å². The second-order valence-corrected chi connectivity index (χ2v) is 19.4. The van der Waals surface area contributed by atoms with Crippen LogP contribution in [0.4, 0.5) is 0 Å². The SMILES string of the molecule is CCCC1=C(C)C2=NC1=CC1=NC3=C(C4=NC(=Cc5[nH]c(/c(=C/O)c5C)=C2)C(C)=C4CCC(=O)OC/C=C(\C)CCC[C@H](C)CCC[C@H](C)CCCC(C)C)[C@@H](C(=O)OC)C(=O)C3=C1C. The molecule has 1 aromatic rings. The number of hydrogen-bond donors (Lipinski definition) is 2. The molecule has 0 radical (unpaired) electrons. The molecule has 1 aliphatic carbocycles. The van der Waals surface area contributed by atoms with E-state index in [4.69, 9.17) is 24.5 Å². The summed E-state index contributed by atoms with van der Waals surface area (Å²) in [7, 11) is 1.28. The molecule has 0 amide bonds. The Bertz CT molecular complexity index is 2540. The Morgan fingerprint density at radius 3 is 2.15 bits per heavy atom. The molecule has 4 aliphatic heterocycles. The van der Waals surface area contributed by atoms with Gasteiger partial charge in [-0.2, -0.15) is 0 Å². The van der Waals surface area contributed by atoms with Crippen LogP contribution in [0.3, 0.4) is 0 Å². The van der Waals surface area contributed by atoms with Gasteiger partial charge in [-0.3, -0.25) is 14.4 Å². The summed E-state index contributed by atoms with van der Waals surface area (Å²) in [6.45, 7) is 21.6. The smallest absolute Gasteiger partial charge is 0.321 e. The van der Waals surface area contributed by atoms with Gasteiger partial charge in [-0.1, -0.05) is 91.6 Å². The number of ether oxygens (including phenoxy) is 2. The number of allylic oxidation sites excluding steroid dienone is 8. The maximum Gasteiger partial charge on any atom is 0.321 e. The molecule has 5 aliphatic rings. The number of Topliss-reactive ketones (excluding diaryl/α,β-unsaturated/α-hetero) is 1. The molecule has 2 N–H and O–H groups in total. The lowest BCUT2D eigenvalue weighted by atomic mass is 9.89. The predicted octanol–water partition coefficient (Wildman–Crippen LogP) is 11.1. The molecule has 1 aromatic heterocycles. The molecule has 3 atom stereocenters. The highest BCUT2D eigenvalue weighted by Gasteiger charge is 2.49. The van der Waals surface area contributed by atoms with Crippen molar-refractivity contribution in [2.24, 2.45) is 38.6 Å². The molecule has 5 heterocycles. The molecule has 0 saturated carbocycles. The molecule has 0 fully saturated rings. The van der Waals surface area contributed by atoms with Crippen LogP contribution in [0.2, 0.25) is 0 Å². The lowest BCUT2D eigenvalue weighted by molar-refractivity contribution is -0.146. The zero-order valence-corrected chi connectivity index (χ0v) is 40.9. The lowest BCUT2D eigenvalue weighted by Gasteiger charge is -2.15. The van der Waals surface area contributed by atoms with E-state index in [-0.39, 0.29) is 31.2 Å². The van der Waals surface area contributed by atoms with Gasteiger partial charge in [-0.25, -0.2) is 15.0 Å². The van der Waals surface area contributed by atoms with Gasteiger partial charge in [0.2, 0.25) is 0 Å². The van der Waals surface area contributed by atoms with Crippen molar-refractivity contribution in [1.29, 1.82) is 0 Å². The van der Waals surface area contributed by atoms with Gasteiger partial charge in [0, 0.05) is 28.5 Å². The van der Waals surface area contributed by atoms with Crippen LogP contribution in [0.15, 0.2) is 88.8 Å². The third kappa shape index (κ3) is 11.0. The normalized spacial score (nSPS) is 19.5. The molecule has 0 unspecified atom stereocenters. The van der Waals surface area contributed by atoms with Crippen LogP contribution in [0.25, 0.3) is 18.4 Å². The number of carbonyl (C=O) groups excluding carboxylic acids is 3. The van der Waals surface area contributed by atoms with Crippen LogP contribution in [0, 0.1) is 30.6 Å². The summed E-state index contributed by atoms with van der Waals surface area (Å²) in [5, 5.41) is 11.8. The first-order valence-electron chi connectivity index (χ1n) is 24.1. The molecule has 8 bridgehead atoms. The van der Waals surface area contributed by atoms with E-state index in [0.29, 0.717) is 56.0 Å². The van der Waals surface area contributed by atoms with Crippen molar-refractivity contribution in [3.05, 3.63) is 95.7 Å². The number of nitrogens with one attached hydrogen (secondary N) is 1. The van der Waals surface area contributed by atoms with Crippen molar-refractivity contribution in [3.8, 4) is 0 Å². The summed E-state index contributed by atoms with van der Waals surface area (Å²) in [4.78, 5) is 60.1. The third-order valence-electron chi connectivity index (χ3n) is 13.9. The molecule has 348 valence electrons. The van der Waals surface area contributed by atoms with E-state index in [0.717, 1.165) is 88.7 Å². The van der Waals surface area contributed by atoms with Crippen molar-refractivity contribution in [2.45, 2.75) is 153 Å². The molecular weight excluding hydrogens is 813 g/mol. The summed E-state index contributed by atoms with van der Waals surface area (Å²) < 4.78 is 11.0. The van der Waals surface area contributed by atoms with E-state index in [1.165, 1.54) is 57.6 Å². The minimum Gasteiger partial charge on any atom is -0.515 e. The standard InChI is InChI=1S/C55H72N4O6/c1-12-16-39-35(7)43-28-47-41(30-60)37(9)42(57-47)27-44-36(8)40(52(58-44)50-51(55(63)64-11)54(62)49-38(10)45(59-53(49)50)29-46(39)56-43)23-24-48(61)65-26-25-34(6)22-15-21-33(5)20-14-19-32(4)18-13-17-31(2)3/h25,27-33,51,57,60H,12-24,26H2,1-11H3/b34-25+,41-30+,44-27?,46-29?,47-28?/t32-,33-,51-/m1/s1. The highest BCUT2D eigenvalue weighted by Crippen LogP contribution is 2.46. The minimum absolute atomic E-state index is 0.0672. The van der Waals surface area contributed by atoms with Crippen molar-refractivity contribution >= 4 is 53.3 Å². The van der Waals surface area contributed by atoms with Gasteiger partial charge in [-0.05, 0) is 136 Å². The van der Waals surface area contributed by atoms with Gasteiger partial charge >= 0.3 is 11.9 Å². The van der Waals surface area contributed by atoms with Crippen LogP contribution in [0.5, 0.6) is 0 Å². The van der Waals surface area contributed by atoms with Crippen molar-refractivity contribution in [1.82, 2.24) is 4.98 Å². The number of methoxy groups -OCH3 is 1. The monoisotopic (exact) mass is 885 g/mol. The fourth-order valence-electron chi connectivity index (χ4n) is 9.80.